The lowest BCUT2D eigenvalue weighted by molar-refractivity contribution is -0.385. The van der Waals surface area contributed by atoms with Crippen LogP contribution in [0.15, 0.2) is 23.1 Å². The Morgan fingerprint density at radius 1 is 1.02 bits per heavy atom. The molecule has 0 saturated carbocycles. The van der Waals surface area contributed by atoms with E-state index in [4.69, 9.17) is 4.74 Å². The van der Waals surface area contributed by atoms with Gasteiger partial charge in [0.25, 0.3) is 5.69 Å². The van der Waals surface area contributed by atoms with Gasteiger partial charge in [0, 0.05) is 29.7 Å². The molecule has 1 amide bonds. The van der Waals surface area contributed by atoms with E-state index in [9.17, 15) is 30.0 Å². The van der Waals surface area contributed by atoms with Crippen molar-refractivity contribution in [1.82, 2.24) is 10.4 Å². The number of hydrogen-bond acceptors (Lipinski definition) is 8. The molecular weight excluding hydrogens is 590 g/mol. The normalized spacial score (nSPS) is 18.1. The number of nitrogens with one attached hydrogen (secondary N) is 1. The van der Waals surface area contributed by atoms with Gasteiger partial charge in [0.2, 0.25) is 5.91 Å². The van der Waals surface area contributed by atoms with E-state index in [0.29, 0.717) is 30.2 Å². The zero-order chi connectivity index (χ0) is 31.7. The summed E-state index contributed by atoms with van der Waals surface area (Å²) in [4.78, 5) is 34.2. The number of aromatic carboxylic acids is 1. The molecule has 10 nitrogen and oxygen atoms in total. The highest BCUT2D eigenvalue weighted by molar-refractivity contribution is 8.76. The number of amides is 1. The van der Waals surface area contributed by atoms with Gasteiger partial charge in [0.05, 0.1) is 17.1 Å². The van der Waals surface area contributed by atoms with Crippen LogP contribution in [0, 0.1) is 10.1 Å². The summed E-state index contributed by atoms with van der Waals surface area (Å²) < 4.78 is 6.16. The summed E-state index contributed by atoms with van der Waals surface area (Å²) in [7, 11) is 2.78. The molecule has 1 saturated heterocycles. The van der Waals surface area contributed by atoms with Crippen molar-refractivity contribution in [2.24, 2.45) is 0 Å². The molecule has 1 aliphatic heterocycles. The van der Waals surface area contributed by atoms with Gasteiger partial charge in [-0.2, -0.15) is 0 Å². The molecule has 0 bridgehead atoms. The van der Waals surface area contributed by atoms with Crippen LogP contribution >= 0.6 is 21.6 Å². The molecule has 1 unspecified atom stereocenters. The third-order valence-corrected chi connectivity index (χ3v) is 10.2. The third kappa shape index (κ3) is 13.0. The van der Waals surface area contributed by atoms with Crippen molar-refractivity contribution in [2.45, 2.75) is 133 Å². The minimum atomic E-state index is -1.33. The first kappa shape index (κ1) is 37.3. The second-order valence-electron chi connectivity index (χ2n) is 12.0. The van der Waals surface area contributed by atoms with E-state index in [2.05, 4.69) is 12.2 Å². The predicted octanol–water partition coefficient (Wildman–Crippen LogP) is 8.17. The lowest BCUT2D eigenvalue weighted by atomic mass is 9.95. The molecule has 0 aliphatic carbocycles. The van der Waals surface area contributed by atoms with Crippen LogP contribution in [-0.2, 0) is 14.7 Å². The van der Waals surface area contributed by atoms with Gasteiger partial charge >= 0.3 is 5.97 Å². The Morgan fingerprint density at radius 2 is 1.63 bits per heavy atom. The number of carbonyl (C=O) groups is 2. The Kier molecular flexibility index (Phi) is 16.9. The van der Waals surface area contributed by atoms with Crippen LogP contribution < -0.4 is 5.32 Å². The van der Waals surface area contributed by atoms with Gasteiger partial charge < -0.3 is 15.2 Å². The van der Waals surface area contributed by atoms with Crippen molar-refractivity contribution < 1.29 is 29.6 Å². The summed E-state index contributed by atoms with van der Waals surface area (Å²) in [6.45, 7) is 7.15. The van der Waals surface area contributed by atoms with Crippen molar-refractivity contribution >= 4 is 39.2 Å². The Labute approximate surface area is 264 Å². The van der Waals surface area contributed by atoms with Crippen LogP contribution in [0.2, 0.25) is 0 Å². The molecule has 1 aromatic carbocycles. The number of benzene rings is 1. The Bertz CT molecular complexity index is 1030. The number of unbranched alkanes of at least 4 members (excludes halogenated alkanes) is 10. The molecule has 1 aliphatic rings. The Balaban J connectivity index is 1.49. The zero-order valence-electron chi connectivity index (χ0n) is 26.1. The van der Waals surface area contributed by atoms with Gasteiger partial charge in [-0.25, -0.2) is 4.79 Å². The van der Waals surface area contributed by atoms with Crippen LogP contribution in [0.25, 0.3) is 0 Å². The SMILES string of the molecule is CCCCCCC1(CCCCCCCCCCC(=O)NCCSSc2ccc([N+](=O)[O-])c(C(=O)O)c2)OCC(C)(C)N1[O]. The minimum Gasteiger partial charge on any atom is -0.477 e. The molecule has 0 aromatic heterocycles. The first-order chi connectivity index (χ1) is 20.5. The molecule has 1 atom stereocenters. The van der Waals surface area contributed by atoms with Crippen molar-refractivity contribution in [3.8, 4) is 0 Å². The zero-order valence-corrected chi connectivity index (χ0v) is 27.7. The van der Waals surface area contributed by atoms with E-state index in [-0.39, 0.29) is 11.5 Å². The van der Waals surface area contributed by atoms with Gasteiger partial charge in [0.15, 0.2) is 0 Å². The molecular formula is C31H50N3O7S2. The fourth-order valence-corrected chi connectivity index (χ4v) is 7.27. The summed E-state index contributed by atoms with van der Waals surface area (Å²) in [5.41, 5.74) is -1.86. The van der Waals surface area contributed by atoms with Crippen LogP contribution in [0.3, 0.4) is 0 Å². The van der Waals surface area contributed by atoms with Gasteiger partial charge in [0.1, 0.15) is 11.3 Å². The van der Waals surface area contributed by atoms with E-state index >= 15 is 0 Å². The molecule has 0 spiro atoms. The molecule has 2 rings (SSSR count). The first-order valence-electron chi connectivity index (χ1n) is 15.7. The summed E-state index contributed by atoms with van der Waals surface area (Å²) in [5.74, 6) is -0.672. The standard InChI is InChI=1S/C31H50N3O7S2/c1-4-5-6-14-19-31(34(40)30(2,3)24-41-31)20-15-12-10-8-7-9-11-13-16-28(35)32-21-22-42-43-25-17-18-27(33(38)39)26(23-25)29(36)37/h17-18,23H,4-16,19-22,24H2,1-3H3,(H,32,35)(H,36,37). The number of nitro groups is 1. The monoisotopic (exact) mass is 640 g/mol. The molecule has 1 radical (unpaired) electrons. The third-order valence-electron chi connectivity index (χ3n) is 7.81. The van der Waals surface area contributed by atoms with Crippen molar-refractivity contribution in [3.05, 3.63) is 33.9 Å². The number of rotatable bonds is 23. The summed E-state index contributed by atoms with van der Waals surface area (Å²) >= 11 is 0. The lowest BCUT2D eigenvalue weighted by Crippen LogP contribution is -2.49. The van der Waals surface area contributed by atoms with E-state index < -0.39 is 27.8 Å². The van der Waals surface area contributed by atoms with E-state index in [1.54, 1.807) is 0 Å². The van der Waals surface area contributed by atoms with Gasteiger partial charge in [-0.3, -0.25) is 14.9 Å². The number of ether oxygens (including phenoxy) is 1. The molecule has 1 fully saturated rings. The smallest absolute Gasteiger partial charge is 0.342 e. The van der Waals surface area contributed by atoms with Crippen LogP contribution in [0.1, 0.15) is 127 Å². The highest BCUT2D eigenvalue weighted by Crippen LogP contribution is 2.41. The topological polar surface area (TPSA) is 142 Å². The average molecular weight is 641 g/mol. The maximum absolute atomic E-state index is 13.1. The number of nitrogens with zero attached hydrogens (tertiary/aromatic N) is 2. The summed E-state index contributed by atoms with van der Waals surface area (Å²) in [5, 5.41) is 37.4. The molecule has 1 aromatic rings. The Morgan fingerprint density at radius 3 is 2.19 bits per heavy atom. The van der Waals surface area contributed by atoms with Gasteiger partial charge in [-0.05, 0) is 58.1 Å². The van der Waals surface area contributed by atoms with Crippen LogP contribution in [0.4, 0.5) is 5.69 Å². The number of nitro benzene ring substituents is 1. The van der Waals surface area contributed by atoms with Crippen molar-refractivity contribution in [2.75, 3.05) is 18.9 Å². The second kappa shape index (κ2) is 19.5. The first-order valence-corrected chi connectivity index (χ1v) is 18.0. The van der Waals surface area contributed by atoms with Crippen LogP contribution in [0.5, 0.6) is 0 Å². The lowest BCUT2D eigenvalue weighted by Gasteiger charge is -2.35. The van der Waals surface area contributed by atoms with Crippen molar-refractivity contribution in [1.29, 1.82) is 0 Å². The van der Waals surface area contributed by atoms with E-state index in [1.807, 2.05) is 13.8 Å². The number of carboxylic acids is 1. The van der Waals surface area contributed by atoms with Crippen molar-refractivity contribution in [3.63, 3.8) is 0 Å². The molecule has 1 heterocycles. The second-order valence-corrected chi connectivity index (χ2v) is 14.5. The number of hydrogen-bond donors (Lipinski definition) is 2. The molecule has 12 heteroatoms. The van der Waals surface area contributed by atoms with E-state index in [0.717, 1.165) is 70.6 Å². The predicted molar refractivity (Wildman–Crippen MR) is 172 cm³/mol. The van der Waals surface area contributed by atoms with Crippen LogP contribution in [-0.4, -0.2) is 57.1 Å². The highest BCUT2D eigenvalue weighted by Gasteiger charge is 2.51. The minimum absolute atomic E-state index is 0.0300. The molecule has 243 valence electrons. The summed E-state index contributed by atoms with van der Waals surface area (Å²) in [6, 6.07) is 4.03. The fraction of sp³-hybridized carbons (Fsp3) is 0.742. The number of hydroxylamine groups is 2. The quantitative estimate of drug-likeness (QED) is 0.0524. The Hall–Kier alpha value is -1.86. The van der Waals surface area contributed by atoms with E-state index in [1.165, 1.54) is 64.1 Å². The average Bonchev–Trinajstić information content (AvgIpc) is 3.19. The van der Waals surface area contributed by atoms with Gasteiger partial charge in [-0.15, -0.1) is 10.3 Å². The number of carbonyl (C=O) groups excluding carboxylic acids is 1. The molecule has 43 heavy (non-hydrogen) atoms. The summed E-state index contributed by atoms with van der Waals surface area (Å²) in [6.07, 6.45) is 15.3. The van der Waals surface area contributed by atoms with Gasteiger partial charge in [-0.1, -0.05) is 86.3 Å². The molecule has 2 N–H and O–H groups in total. The largest absolute Gasteiger partial charge is 0.477 e. The fourth-order valence-electron chi connectivity index (χ4n) is 5.36. The highest BCUT2D eigenvalue weighted by atomic mass is 33.1. The maximum atomic E-state index is 13.1. The maximum Gasteiger partial charge on any atom is 0.342 e. The number of carboxylic acid groups (broad SMARTS) is 1.